The van der Waals surface area contributed by atoms with Gasteiger partial charge in [0.05, 0.1) is 22.1 Å². The van der Waals surface area contributed by atoms with E-state index >= 15 is 0 Å². The van der Waals surface area contributed by atoms with Crippen LogP contribution in [0, 0.1) is 0 Å². The Balaban J connectivity index is 1.23. The number of pyridine rings is 1. The van der Waals surface area contributed by atoms with Crippen LogP contribution in [0.4, 0.5) is 34.1 Å². The van der Waals surface area contributed by atoms with Gasteiger partial charge in [0.25, 0.3) is 0 Å². The van der Waals surface area contributed by atoms with Gasteiger partial charge in [0.15, 0.2) is 12.4 Å². The second-order valence-electron chi connectivity index (χ2n) is 10.5. The van der Waals surface area contributed by atoms with E-state index in [9.17, 15) is 0 Å². The van der Waals surface area contributed by atoms with E-state index in [4.69, 9.17) is 21.8 Å². The number of halogens is 1. The molecule has 0 fully saturated rings. The summed E-state index contributed by atoms with van der Waals surface area (Å²) in [5.41, 5.74) is 5.69. The number of fused-ring (bicyclic) bond motifs is 1. The highest BCUT2D eigenvalue weighted by atomic mass is 35.5. The molecule has 0 spiro atoms. The fraction of sp³-hybridized carbons (Fsp3) is 0.0882. The van der Waals surface area contributed by atoms with E-state index in [1.54, 1.807) is 6.07 Å². The molecule has 0 amide bonds. The molecule has 0 saturated carbocycles. The van der Waals surface area contributed by atoms with Gasteiger partial charge in [0.1, 0.15) is 18.4 Å². The molecule has 6 aromatic rings. The summed E-state index contributed by atoms with van der Waals surface area (Å²) in [5, 5.41) is 30.3. The van der Waals surface area contributed by atoms with Crippen LogP contribution in [0.15, 0.2) is 136 Å². The van der Waals surface area contributed by atoms with Gasteiger partial charge in [-0.2, -0.15) is 0 Å². The molecule has 5 aromatic carbocycles. The third-order valence-corrected chi connectivity index (χ3v) is 7.92. The first-order valence-electron chi connectivity index (χ1n) is 13.7. The van der Waals surface area contributed by atoms with Crippen molar-refractivity contribution >= 4 is 67.3 Å². The molecule has 1 unspecified atom stereocenters. The fourth-order valence-electron chi connectivity index (χ4n) is 5.43. The van der Waals surface area contributed by atoms with Crippen LogP contribution >= 0.6 is 11.6 Å². The lowest BCUT2D eigenvalue weighted by Gasteiger charge is -2.39. The van der Waals surface area contributed by atoms with Gasteiger partial charge >= 0.3 is 0 Å². The molecule has 1 atom stereocenters. The molecule has 0 radical (unpaired) electrons. The van der Waals surface area contributed by atoms with Crippen LogP contribution in [0.2, 0.25) is 5.02 Å². The highest BCUT2D eigenvalue weighted by Gasteiger charge is 2.32. The molecule has 42 heavy (non-hydrogen) atoms. The molecule has 2 N–H and O–H groups in total. The number of nitrogens with one attached hydrogen (secondary N) is 2. The summed E-state index contributed by atoms with van der Waals surface area (Å²) in [6.45, 7) is 2.15. The summed E-state index contributed by atoms with van der Waals surface area (Å²) < 4.78 is 2.03. The third-order valence-electron chi connectivity index (χ3n) is 7.60. The van der Waals surface area contributed by atoms with E-state index in [2.05, 4.69) is 76.6 Å². The van der Waals surface area contributed by atoms with Crippen molar-refractivity contribution in [2.75, 3.05) is 10.6 Å². The molecular weight excluding hydrogens is 542 g/mol. The Kier molecular flexibility index (Phi) is 6.36. The number of rotatable bonds is 5. The molecule has 1 aromatic heterocycles. The topological polar surface area (TPSA) is 77.4 Å². The smallest absolute Gasteiger partial charge is 0.168 e. The molecule has 204 valence electrons. The van der Waals surface area contributed by atoms with Gasteiger partial charge in [0, 0.05) is 50.6 Å². The minimum atomic E-state index is -0.456. The second kappa shape index (κ2) is 10.4. The Morgan fingerprint density at radius 3 is 1.76 bits per heavy atom. The molecular formula is C34H27ClN7+. The van der Waals surface area contributed by atoms with Crippen LogP contribution < -0.4 is 15.2 Å². The van der Waals surface area contributed by atoms with Crippen LogP contribution in [0.3, 0.4) is 0 Å². The first-order valence-corrected chi connectivity index (χ1v) is 14.0. The van der Waals surface area contributed by atoms with E-state index in [1.807, 2.05) is 72.3 Å². The van der Waals surface area contributed by atoms with E-state index < -0.39 is 5.66 Å². The summed E-state index contributed by atoms with van der Waals surface area (Å²) in [6.07, 6.45) is 4.11. The van der Waals surface area contributed by atoms with Gasteiger partial charge in [0.2, 0.25) is 0 Å². The van der Waals surface area contributed by atoms with E-state index in [1.165, 1.54) is 0 Å². The molecule has 0 aliphatic carbocycles. The number of aryl methyl sites for hydroxylation is 1. The van der Waals surface area contributed by atoms with Gasteiger partial charge in [-0.25, -0.2) is 4.57 Å². The lowest BCUT2D eigenvalue weighted by molar-refractivity contribution is -0.671. The molecule has 1 aliphatic heterocycles. The minimum Gasteiger partial charge on any atom is -0.359 e. The summed E-state index contributed by atoms with van der Waals surface area (Å²) >= 11 is 6.26. The zero-order valence-corrected chi connectivity index (χ0v) is 23.8. The maximum Gasteiger partial charge on any atom is 0.168 e. The predicted molar refractivity (Wildman–Crippen MR) is 170 cm³/mol. The van der Waals surface area contributed by atoms with Gasteiger partial charge in [-0.3, -0.25) is 0 Å². The first-order chi connectivity index (χ1) is 20.5. The summed E-state index contributed by atoms with van der Waals surface area (Å²) in [7, 11) is 2.02. The van der Waals surface area contributed by atoms with Gasteiger partial charge in [-0.1, -0.05) is 60.1 Å². The quantitative estimate of drug-likeness (QED) is 0.160. The van der Waals surface area contributed by atoms with Crippen molar-refractivity contribution in [3.8, 4) is 0 Å². The Labute approximate surface area is 248 Å². The zero-order chi connectivity index (χ0) is 28.7. The Morgan fingerprint density at radius 1 is 0.571 bits per heavy atom. The van der Waals surface area contributed by atoms with Crippen LogP contribution in [0.25, 0.3) is 21.5 Å². The maximum absolute atomic E-state index is 6.26. The molecule has 0 saturated heterocycles. The van der Waals surface area contributed by atoms with Crippen LogP contribution in [-0.2, 0) is 12.7 Å². The number of hydrogen-bond acceptors (Lipinski definition) is 6. The van der Waals surface area contributed by atoms with Crippen molar-refractivity contribution < 1.29 is 4.57 Å². The van der Waals surface area contributed by atoms with Crippen molar-refractivity contribution in [2.24, 2.45) is 27.5 Å². The Bertz CT molecular complexity index is 2020. The van der Waals surface area contributed by atoms with Gasteiger partial charge in [-0.05, 0) is 49.4 Å². The second-order valence-corrected chi connectivity index (χ2v) is 10.9. The predicted octanol–water partition coefficient (Wildman–Crippen LogP) is 10.0. The molecule has 8 heteroatoms. The van der Waals surface area contributed by atoms with Crippen molar-refractivity contribution in [2.45, 2.75) is 12.6 Å². The summed E-state index contributed by atoms with van der Waals surface area (Å²) in [4.78, 5) is 0. The number of azo groups is 2. The van der Waals surface area contributed by atoms with Crippen LogP contribution in [0.1, 0.15) is 12.5 Å². The van der Waals surface area contributed by atoms with Gasteiger partial charge in [-0.15, -0.1) is 20.5 Å². The monoisotopic (exact) mass is 568 g/mol. The standard InChI is InChI=1S/C34H27ClN7/c1-34(22-18-20-42(2)21-19-22)36-31-13-7-10-25-29(16-17-32(37-34)33(25)31)40-38-27-14-15-28(24-9-4-3-8-23(24)27)39-41-30-12-6-5-11-26(30)35/h3-21,36-37H,1-2H3/q+1. The maximum atomic E-state index is 6.26. The number of aromatic nitrogens is 1. The average molecular weight is 569 g/mol. The molecule has 7 rings (SSSR count). The SMILES string of the molecule is C[n+]1ccc(C2(C)Nc3cccc4c(N=Nc5ccc(N=Nc6ccccc6Cl)c6ccccc56)ccc(c34)N2)cc1. The normalized spacial score (nSPS) is 16.3. The van der Waals surface area contributed by atoms with Crippen molar-refractivity contribution in [1.82, 2.24) is 0 Å². The van der Waals surface area contributed by atoms with E-state index in [0.717, 1.165) is 55.5 Å². The fourth-order valence-corrected chi connectivity index (χ4v) is 5.60. The third kappa shape index (κ3) is 4.63. The number of nitrogens with zero attached hydrogens (tertiary/aromatic N) is 5. The van der Waals surface area contributed by atoms with E-state index in [-0.39, 0.29) is 0 Å². The molecule has 1 aliphatic rings. The minimum absolute atomic E-state index is 0.456. The average Bonchev–Trinajstić information content (AvgIpc) is 3.01. The summed E-state index contributed by atoms with van der Waals surface area (Å²) in [5.74, 6) is 0. The molecule has 0 bridgehead atoms. The number of benzene rings is 5. The van der Waals surface area contributed by atoms with Crippen LogP contribution in [-0.4, -0.2) is 0 Å². The number of anilines is 2. The first kappa shape index (κ1) is 25.8. The Hall–Kier alpha value is -5.14. The largest absolute Gasteiger partial charge is 0.359 e. The lowest BCUT2D eigenvalue weighted by Crippen LogP contribution is -2.43. The van der Waals surface area contributed by atoms with Crippen molar-refractivity contribution in [3.05, 3.63) is 126 Å². The highest BCUT2D eigenvalue weighted by Crippen LogP contribution is 2.44. The molecule has 7 nitrogen and oxygen atoms in total. The van der Waals surface area contributed by atoms with Gasteiger partial charge < -0.3 is 10.6 Å². The van der Waals surface area contributed by atoms with E-state index in [0.29, 0.717) is 10.7 Å². The number of hydrogen-bond donors (Lipinski definition) is 2. The van der Waals surface area contributed by atoms with Crippen molar-refractivity contribution in [3.63, 3.8) is 0 Å². The lowest BCUT2D eigenvalue weighted by atomic mass is 9.95. The molecule has 2 heterocycles. The summed E-state index contributed by atoms with van der Waals surface area (Å²) in [6, 6.07) is 33.8. The highest BCUT2D eigenvalue weighted by molar-refractivity contribution is 6.32. The van der Waals surface area contributed by atoms with Crippen LogP contribution in [0.5, 0.6) is 0 Å². The zero-order valence-electron chi connectivity index (χ0n) is 23.1. The van der Waals surface area contributed by atoms with Crippen molar-refractivity contribution in [1.29, 1.82) is 0 Å². The Morgan fingerprint density at radius 2 is 1.10 bits per heavy atom.